The summed E-state index contributed by atoms with van der Waals surface area (Å²) < 4.78 is 10.9. The van der Waals surface area contributed by atoms with Crippen LogP contribution >= 0.6 is 11.3 Å². The van der Waals surface area contributed by atoms with E-state index in [9.17, 15) is 4.79 Å². The van der Waals surface area contributed by atoms with Crippen LogP contribution in [0.15, 0.2) is 59.4 Å². The monoisotopic (exact) mass is 354 g/mol. The molecule has 128 valence electrons. The number of hydrogen-bond donors (Lipinski definition) is 1. The average molecular weight is 354 g/mol. The Kier molecular flexibility index (Phi) is 5.64. The molecular formula is C19H18N2O3S. The van der Waals surface area contributed by atoms with E-state index in [0.29, 0.717) is 24.5 Å². The molecule has 0 spiro atoms. The van der Waals surface area contributed by atoms with Gasteiger partial charge < -0.3 is 14.8 Å². The van der Waals surface area contributed by atoms with Gasteiger partial charge in [0.15, 0.2) is 0 Å². The van der Waals surface area contributed by atoms with Crippen molar-refractivity contribution < 1.29 is 14.3 Å². The quantitative estimate of drug-likeness (QED) is 0.703. The summed E-state index contributed by atoms with van der Waals surface area (Å²) in [5.41, 5.74) is 4.07. The van der Waals surface area contributed by atoms with Gasteiger partial charge in [-0.15, -0.1) is 11.3 Å². The van der Waals surface area contributed by atoms with Crippen LogP contribution in [0.3, 0.4) is 0 Å². The number of hydrogen-bond acceptors (Lipinski definition) is 5. The highest BCUT2D eigenvalue weighted by molar-refractivity contribution is 7.07. The fraction of sp³-hybridized carbons (Fsp3) is 0.158. The van der Waals surface area contributed by atoms with Crippen LogP contribution in [0.2, 0.25) is 0 Å². The van der Waals surface area contributed by atoms with Gasteiger partial charge >= 0.3 is 0 Å². The Morgan fingerprint density at radius 2 is 2.08 bits per heavy atom. The first kappa shape index (κ1) is 17.0. The number of rotatable bonds is 7. The van der Waals surface area contributed by atoms with Crippen molar-refractivity contribution in [1.82, 2.24) is 10.3 Å². The number of benzene rings is 2. The minimum atomic E-state index is -0.184. The molecule has 1 heterocycles. The van der Waals surface area contributed by atoms with E-state index < -0.39 is 0 Å². The van der Waals surface area contributed by atoms with Gasteiger partial charge in [-0.2, -0.15) is 0 Å². The molecular weight excluding hydrogens is 336 g/mol. The Morgan fingerprint density at radius 1 is 1.20 bits per heavy atom. The smallest absolute Gasteiger partial charge is 0.255 e. The lowest BCUT2D eigenvalue weighted by Gasteiger charge is -2.11. The van der Waals surface area contributed by atoms with Gasteiger partial charge in [0.1, 0.15) is 18.1 Å². The van der Waals surface area contributed by atoms with E-state index in [0.717, 1.165) is 17.0 Å². The molecule has 0 saturated heterocycles. The molecule has 2 aromatic carbocycles. The normalized spacial score (nSPS) is 10.3. The molecule has 0 fully saturated rings. The Balaban J connectivity index is 1.65. The molecule has 1 N–H and O–H groups in total. The van der Waals surface area contributed by atoms with E-state index in [1.165, 1.54) is 11.3 Å². The fourth-order valence-electron chi connectivity index (χ4n) is 2.30. The van der Waals surface area contributed by atoms with Gasteiger partial charge in [0.05, 0.1) is 23.9 Å². The first-order chi connectivity index (χ1) is 12.3. The highest BCUT2D eigenvalue weighted by atomic mass is 32.1. The topological polar surface area (TPSA) is 60.5 Å². The predicted molar refractivity (Wildman–Crippen MR) is 97.1 cm³/mol. The second-order valence-corrected chi connectivity index (χ2v) is 6.02. The van der Waals surface area contributed by atoms with Crippen molar-refractivity contribution in [1.29, 1.82) is 0 Å². The minimum absolute atomic E-state index is 0.184. The zero-order valence-electron chi connectivity index (χ0n) is 13.8. The van der Waals surface area contributed by atoms with Gasteiger partial charge in [0.25, 0.3) is 5.91 Å². The van der Waals surface area contributed by atoms with Gasteiger partial charge in [-0.05, 0) is 29.8 Å². The van der Waals surface area contributed by atoms with Gasteiger partial charge in [0.2, 0.25) is 0 Å². The van der Waals surface area contributed by atoms with E-state index >= 15 is 0 Å². The van der Waals surface area contributed by atoms with Crippen LogP contribution in [0.1, 0.15) is 21.6 Å². The Labute approximate surface area is 150 Å². The minimum Gasteiger partial charge on any atom is -0.497 e. The summed E-state index contributed by atoms with van der Waals surface area (Å²) in [4.78, 5) is 16.7. The van der Waals surface area contributed by atoms with Crippen LogP contribution in [0, 0.1) is 0 Å². The van der Waals surface area contributed by atoms with Crippen molar-refractivity contribution in [2.24, 2.45) is 0 Å². The molecule has 1 amide bonds. The first-order valence-corrected chi connectivity index (χ1v) is 8.70. The first-order valence-electron chi connectivity index (χ1n) is 7.76. The molecule has 3 rings (SSSR count). The molecule has 0 aliphatic heterocycles. The van der Waals surface area contributed by atoms with Crippen LogP contribution < -0.4 is 14.8 Å². The van der Waals surface area contributed by atoms with Gasteiger partial charge in [-0.3, -0.25) is 4.79 Å². The SMILES string of the molecule is COc1cccc(CNC(=O)c2ccccc2OCc2cscn2)c1. The number of thiazole rings is 1. The number of aromatic nitrogens is 1. The van der Waals surface area contributed by atoms with Crippen molar-refractivity contribution in [3.05, 3.63) is 76.2 Å². The van der Waals surface area contributed by atoms with Crippen LogP contribution in [0.5, 0.6) is 11.5 Å². The number of carbonyl (C=O) groups excluding carboxylic acids is 1. The lowest BCUT2D eigenvalue weighted by molar-refractivity contribution is 0.0946. The van der Waals surface area contributed by atoms with Crippen molar-refractivity contribution in [2.45, 2.75) is 13.2 Å². The van der Waals surface area contributed by atoms with E-state index in [2.05, 4.69) is 10.3 Å². The maximum absolute atomic E-state index is 12.5. The Hall–Kier alpha value is -2.86. The summed E-state index contributed by atoms with van der Waals surface area (Å²) in [6, 6.07) is 14.8. The predicted octanol–water partition coefficient (Wildman–Crippen LogP) is 3.66. The lowest BCUT2D eigenvalue weighted by Crippen LogP contribution is -2.23. The third-order valence-electron chi connectivity index (χ3n) is 3.58. The summed E-state index contributed by atoms with van der Waals surface area (Å²) in [5, 5.41) is 4.83. The average Bonchev–Trinajstić information content (AvgIpc) is 3.18. The molecule has 0 unspecified atom stereocenters. The second kappa shape index (κ2) is 8.30. The summed E-state index contributed by atoms with van der Waals surface area (Å²) in [6.45, 7) is 0.750. The zero-order chi connectivity index (χ0) is 17.5. The van der Waals surface area contributed by atoms with E-state index in [4.69, 9.17) is 9.47 Å². The number of amides is 1. The molecule has 0 bridgehead atoms. The third kappa shape index (κ3) is 4.58. The number of carbonyl (C=O) groups is 1. The summed E-state index contributed by atoms with van der Waals surface area (Å²) in [5.74, 6) is 1.12. The molecule has 0 aliphatic rings. The van der Waals surface area contributed by atoms with Crippen molar-refractivity contribution in [2.75, 3.05) is 7.11 Å². The van der Waals surface area contributed by atoms with Crippen LogP contribution in [-0.2, 0) is 13.2 Å². The van der Waals surface area contributed by atoms with Crippen molar-refractivity contribution in [3.63, 3.8) is 0 Å². The van der Waals surface area contributed by atoms with Crippen molar-refractivity contribution >= 4 is 17.2 Å². The zero-order valence-corrected chi connectivity index (χ0v) is 14.6. The van der Waals surface area contributed by atoms with Crippen LogP contribution in [0.25, 0.3) is 0 Å². The molecule has 0 saturated carbocycles. The standard InChI is InChI=1S/C19H18N2O3S/c1-23-16-6-4-5-14(9-16)10-20-19(22)17-7-2-3-8-18(17)24-11-15-12-25-13-21-15/h2-9,12-13H,10-11H2,1H3,(H,20,22). The summed E-state index contributed by atoms with van der Waals surface area (Å²) in [6.07, 6.45) is 0. The molecule has 6 heteroatoms. The van der Waals surface area contributed by atoms with E-state index in [1.54, 1.807) is 24.8 Å². The highest BCUT2D eigenvalue weighted by Crippen LogP contribution is 2.20. The number of ether oxygens (including phenoxy) is 2. The van der Waals surface area contributed by atoms with Gasteiger partial charge in [0, 0.05) is 11.9 Å². The second-order valence-electron chi connectivity index (χ2n) is 5.30. The number of para-hydroxylation sites is 1. The lowest BCUT2D eigenvalue weighted by atomic mass is 10.1. The van der Waals surface area contributed by atoms with E-state index in [-0.39, 0.29) is 5.91 Å². The molecule has 5 nitrogen and oxygen atoms in total. The number of nitrogens with one attached hydrogen (secondary N) is 1. The molecule has 0 aliphatic carbocycles. The molecule has 0 atom stereocenters. The molecule has 0 radical (unpaired) electrons. The molecule has 3 aromatic rings. The maximum Gasteiger partial charge on any atom is 0.255 e. The van der Waals surface area contributed by atoms with Gasteiger partial charge in [-0.1, -0.05) is 24.3 Å². The van der Waals surface area contributed by atoms with Crippen molar-refractivity contribution in [3.8, 4) is 11.5 Å². The fourth-order valence-corrected chi connectivity index (χ4v) is 2.84. The Bertz CT molecular complexity index is 834. The third-order valence-corrected chi connectivity index (χ3v) is 4.21. The van der Waals surface area contributed by atoms with Crippen LogP contribution in [-0.4, -0.2) is 18.0 Å². The molecule has 25 heavy (non-hydrogen) atoms. The Morgan fingerprint density at radius 3 is 2.88 bits per heavy atom. The van der Waals surface area contributed by atoms with Crippen LogP contribution in [0.4, 0.5) is 0 Å². The maximum atomic E-state index is 12.5. The number of nitrogens with zero attached hydrogens (tertiary/aromatic N) is 1. The van der Waals surface area contributed by atoms with E-state index in [1.807, 2.05) is 41.8 Å². The molecule has 1 aromatic heterocycles. The summed E-state index contributed by atoms with van der Waals surface area (Å²) in [7, 11) is 1.62. The highest BCUT2D eigenvalue weighted by Gasteiger charge is 2.12. The largest absolute Gasteiger partial charge is 0.497 e. The summed E-state index contributed by atoms with van der Waals surface area (Å²) >= 11 is 1.51. The van der Waals surface area contributed by atoms with Gasteiger partial charge in [-0.25, -0.2) is 4.98 Å². The number of methoxy groups -OCH3 is 1.